The smallest absolute Gasteiger partial charge is 0.0931 e. The van der Waals surface area contributed by atoms with Gasteiger partial charge in [-0.2, -0.15) is 0 Å². The first kappa shape index (κ1) is 12.6. The Balaban J connectivity index is 2.30. The van der Waals surface area contributed by atoms with Crippen molar-refractivity contribution in [3.05, 3.63) is 42.1 Å². The second-order valence-electron chi connectivity index (χ2n) is 3.27. The standard InChI is InChI=1S/C11H11BrClNS2/c1-2-14-11(7-3-5-9(12)15-7)8-4-6-10(13)16-8/h3-6,11,14H,2H2,1H3. The zero-order valence-corrected chi connectivity index (χ0v) is 12.6. The van der Waals surface area contributed by atoms with E-state index < -0.39 is 0 Å². The number of hydrogen-bond donors (Lipinski definition) is 1. The number of nitrogens with one attached hydrogen (secondary N) is 1. The first-order valence-electron chi connectivity index (χ1n) is 4.94. The molecule has 86 valence electrons. The van der Waals surface area contributed by atoms with Crippen LogP contribution in [0.15, 0.2) is 28.1 Å². The molecule has 0 aromatic carbocycles. The number of halogens is 2. The molecule has 0 fully saturated rings. The molecule has 0 aliphatic rings. The van der Waals surface area contributed by atoms with Gasteiger partial charge in [-0.3, -0.25) is 0 Å². The van der Waals surface area contributed by atoms with Crippen LogP contribution in [0.2, 0.25) is 4.34 Å². The van der Waals surface area contributed by atoms with Gasteiger partial charge in [-0.1, -0.05) is 18.5 Å². The molecule has 2 heterocycles. The molecule has 0 saturated heterocycles. The third-order valence-electron chi connectivity index (χ3n) is 2.17. The zero-order valence-electron chi connectivity index (χ0n) is 8.67. The van der Waals surface area contributed by atoms with Gasteiger partial charge in [0.1, 0.15) is 0 Å². The average Bonchev–Trinajstić information content (AvgIpc) is 2.84. The van der Waals surface area contributed by atoms with Crippen LogP contribution in [0.4, 0.5) is 0 Å². The minimum absolute atomic E-state index is 0.263. The van der Waals surface area contributed by atoms with Crippen LogP contribution in [0.5, 0.6) is 0 Å². The van der Waals surface area contributed by atoms with Crippen LogP contribution >= 0.6 is 50.2 Å². The molecule has 0 radical (unpaired) electrons. The normalized spacial score (nSPS) is 12.9. The van der Waals surface area contributed by atoms with E-state index in [9.17, 15) is 0 Å². The highest BCUT2D eigenvalue weighted by molar-refractivity contribution is 9.11. The van der Waals surface area contributed by atoms with Crippen molar-refractivity contribution in [3.63, 3.8) is 0 Å². The molecule has 5 heteroatoms. The van der Waals surface area contributed by atoms with Crippen LogP contribution in [0, 0.1) is 0 Å². The predicted molar refractivity (Wildman–Crippen MR) is 76.9 cm³/mol. The monoisotopic (exact) mass is 335 g/mol. The molecule has 0 aliphatic heterocycles. The summed E-state index contributed by atoms with van der Waals surface area (Å²) in [5.74, 6) is 0. The topological polar surface area (TPSA) is 12.0 Å². The Kier molecular flexibility index (Phi) is 4.44. The highest BCUT2D eigenvalue weighted by atomic mass is 79.9. The summed E-state index contributed by atoms with van der Waals surface area (Å²) in [7, 11) is 0. The Hall–Kier alpha value is 0.130. The Morgan fingerprint density at radius 1 is 1.25 bits per heavy atom. The molecule has 0 amide bonds. The van der Waals surface area contributed by atoms with Gasteiger partial charge in [0, 0.05) is 9.75 Å². The molecule has 1 nitrogen and oxygen atoms in total. The van der Waals surface area contributed by atoms with E-state index in [2.05, 4.69) is 46.4 Å². The Morgan fingerprint density at radius 3 is 2.44 bits per heavy atom. The summed E-state index contributed by atoms with van der Waals surface area (Å²) in [4.78, 5) is 2.58. The van der Waals surface area contributed by atoms with E-state index >= 15 is 0 Å². The van der Waals surface area contributed by atoms with Gasteiger partial charge in [-0.25, -0.2) is 0 Å². The third-order valence-corrected chi connectivity index (χ3v) is 5.15. The summed E-state index contributed by atoms with van der Waals surface area (Å²) < 4.78 is 2.00. The number of hydrogen-bond acceptors (Lipinski definition) is 3. The lowest BCUT2D eigenvalue weighted by atomic mass is 10.2. The molecule has 16 heavy (non-hydrogen) atoms. The van der Waals surface area contributed by atoms with Crippen LogP contribution < -0.4 is 5.32 Å². The van der Waals surface area contributed by atoms with Crippen molar-refractivity contribution in [2.24, 2.45) is 0 Å². The van der Waals surface area contributed by atoms with Crippen LogP contribution in [0.25, 0.3) is 0 Å². The molecular weight excluding hydrogens is 326 g/mol. The summed E-state index contributed by atoms with van der Waals surface area (Å²) in [6.45, 7) is 3.06. The molecule has 0 aliphatic carbocycles. The van der Waals surface area contributed by atoms with E-state index in [0.29, 0.717) is 0 Å². The Labute approximate surface area is 117 Å². The van der Waals surface area contributed by atoms with Gasteiger partial charge < -0.3 is 5.32 Å². The fourth-order valence-corrected chi connectivity index (χ4v) is 4.26. The quantitative estimate of drug-likeness (QED) is 0.835. The highest BCUT2D eigenvalue weighted by Crippen LogP contribution is 2.35. The molecule has 2 rings (SSSR count). The van der Waals surface area contributed by atoms with Gasteiger partial charge in [0.15, 0.2) is 0 Å². The molecule has 2 aromatic rings. The predicted octanol–water partition coefficient (Wildman–Crippen LogP) is 4.92. The SMILES string of the molecule is CCNC(c1ccc(Cl)s1)c1ccc(Br)s1. The van der Waals surface area contributed by atoms with Gasteiger partial charge in [0.25, 0.3) is 0 Å². The van der Waals surface area contributed by atoms with Crippen molar-refractivity contribution in [2.45, 2.75) is 13.0 Å². The molecule has 1 N–H and O–H groups in total. The molecule has 0 saturated carbocycles. The van der Waals surface area contributed by atoms with Gasteiger partial charge in [0.2, 0.25) is 0 Å². The van der Waals surface area contributed by atoms with Gasteiger partial charge in [-0.05, 0) is 46.7 Å². The minimum Gasteiger partial charge on any atom is -0.305 e. The second kappa shape index (κ2) is 5.65. The first-order chi connectivity index (χ1) is 7.70. The van der Waals surface area contributed by atoms with E-state index in [1.54, 1.807) is 22.7 Å². The summed E-state index contributed by atoms with van der Waals surface area (Å²) in [5, 5.41) is 3.48. The van der Waals surface area contributed by atoms with Crippen molar-refractivity contribution in [2.75, 3.05) is 6.54 Å². The minimum atomic E-state index is 0.263. The van der Waals surface area contributed by atoms with E-state index in [1.165, 1.54) is 9.75 Å². The average molecular weight is 337 g/mol. The lowest BCUT2D eigenvalue weighted by Crippen LogP contribution is -2.19. The lowest BCUT2D eigenvalue weighted by Gasteiger charge is -2.14. The maximum Gasteiger partial charge on any atom is 0.0931 e. The summed E-state index contributed by atoms with van der Waals surface area (Å²) >= 11 is 12.9. The van der Waals surface area contributed by atoms with Gasteiger partial charge in [-0.15, -0.1) is 22.7 Å². The molecule has 1 unspecified atom stereocenters. The van der Waals surface area contributed by atoms with E-state index in [1.807, 2.05) is 6.07 Å². The molecule has 0 spiro atoms. The lowest BCUT2D eigenvalue weighted by molar-refractivity contribution is 0.649. The maximum absolute atomic E-state index is 5.98. The fraction of sp³-hybridized carbons (Fsp3) is 0.273. The van der Waals surface area contributed by atoms with Gasteiger partial charge in [0.05, 0.1) is 14.2 Å². The molecule has 2 aromatic heterocycles. The molecular formula is C11H11BrClNS2. The molecule has 0 bridgehead atoms. The van der Waals surface area contributed by atoms with E-state index in [-0.39, 0.29) is 6.04 Å². The highest BCUT2D eigenvalue weighted by Gasteiger charge is 2.16. The van der Waals surface area contributed by atoms with Crippen molar-refractivity contribution < 1.29 is 0 Å². The summed E-state index contributed by atoms with van der Waals surface area (Å²) in [6.07, 6.45) is 0. The Bertz CT molecular complexity index is 426. The Morgan fingerprint density at radius 2 is 1.94 bits per heavy atom. The largest absolute Gasteiger partial charge is 0.305 e. The summed E-state index contributed by atoms with van der Waals surface area (Å²) in [5.41, 5.74) is 0. The molecule has 1 atom stereocenters. The third kappa shape index (κ3) is 2.87. The fourth-order valence-electron chi connectivity index (χ4n) is 1.51. The van der Waals surface area contributed by atoms with E-state index in [4.69, 9.17) is 11.6 Å². The van der Waals surface area contributed by atoms with Crippen molar-refractivity contribution >= 4 is 50.2 Å². The second-order valence-corrected chi connectivity index (χ2v) is 7.52. The summed E-state index contributed by atoms with van der Waals surface area (Å²) in [6, 6.07) is 8.54. The van der Waals surface area contributed by atoms with Crippen LogP contribution in [0.1, 0.15) is 22.7 Å². The maximum atomic E-state index is 5.98. The van der Waals surface area contributed by atoms with Crippen LogP contribution in [-0.4, -0.2) is 6.54 Å². The van der Waals surface area contributed by atoms with E-state index in [0.717, 1.165) is 14.7 Å². The van der Waals surface area contributed by atoms with Gasteiger partial charge >= 0.3 is 0 Å². The van der Waals surface area contributed by atoms with Crippen molar-refractivity contribution in [1.29, 1.82) is 0 Å². The zero-order chi connectivity index (χ0) is 11.5. The van der Waals surface area contributed by atoms with Crippen molar-refractivity contribution in [1.82, 2.24) is 5.32 Å². The van der Waals surface area contributed by atoms with Crippen LogP contribution in [0.3, 0.4) is 0 Å². The number of rotatable bonds is 4. The number of thiophene rings is 2. The first-order valence-corrected chi connectivity index (χ1v) is 7.75. The van der Waals surface area contributed by atoms with Crippen LogP contribution in [-0.2, 0) is 0 Å². The van der Waals surface area contributed by atoms with Crippen molar-refractivity contribution in [3.8, 4) is 0 Å².